The van der Waals surface area contributed by atoms with Crippen molar-refractivity contribution in [3.05, 3.63) is 83.2 Å². The number of benzene rings is 2. The van der Waals surface area contributed by atoms with Gasteiger partial charge in [0.15, 0.2) is 17.4 Å². The van der Waals surface area contributed by atoms with E-state index in [9.17, 15) is 14.4 Å². The van der Waals surface area contributed by atoms with Gasteiger partial charge in [-0.05, 0) is 30.3 Å². The Morgan fingerprint density at radius 2 is 1.85 bits per heavy atom. The molecule has 0 fully saturated rings. The number of hydrogen-bond donors (Lipinski definition) is 2. The molecule has 11 heteroatoms. The van der Waals surface area contributed by atoms with Crippen molar-refractivity contribution in [3.63, 3.8) is 0 Å². The number of amides is 2. The van der Waals surface area contributed by atoms with Crippen molar-refractivity contribution < 1.29 is 18.8 Å². The van der Waals surface area contributed by atoms with Crippen molar-refractivity contribution in [3.8, 4) is 10.6 Å². The normalized spacial score (nSPS) is 11.0. The second-order valence-electron chi connectivity index (χ2n) is 9.33. The standard InChI is InChI=1S/C29H28N6O4S/c1-18-30-17-24(39-18)25-11-12-26(40-25)28(38)33-29-32-21-15-20(31-16-23(36)19-7-5-4-6-8-19)9-10-22(21)35(29)14-13-27(37)34(2)3/h4-12,15,17,31H,13-14,16H2,1-3H3,(H,32,33,38). The van der Waals surface area contributed by atoms with E-state index in [1.54, 1.807) is 45.4 Å². The predicted molar refractivity (Wildman–Crippen MR) is 155 cm³/mol. The van der Waals surface area contributed by atoms with Crippen molar-refractivity contribution in [1.82, 2.24) is 19.4 Å². The lowest BCUT2D eigenvalue weighted by Gasteiger charge is -2.13. The highest BCUT2D eigenvalue weighted by Crippen LogP contribution is 2.30. The molecule has 2 N–H and O–H groups in total. The summed E-state index contributed by atoms with van der Waals surface area (Å²) in [4.78, 5) is 49.6. The van der Waals surface area contributed by atoms with Gasteiger partial charge in [-0.3, -0.25) is 19.7 Å². The van der Waals surface area contributed by atoms with E-state index in [1.807, 2.05) is 47.0 Å². The second kappa shape index (κ2) is 11.5. The molecule has 5 rings (SSSR count). The van der Waals surface area contributed by atoms with Crippen molar-refractivity contribution in [2.24, 2.45) is 0 Å². The zero-order valence-electron chi connectivity index (χ0n) is 22.3. The molecule has 2 aromatic carbocycles. The number of nitrogens with one attached hydrogen (secondary N) is 2. The predicted octanol–water partition coefficient (Wildman–Crippen LogP) is 5.09. The molecular formula is C29H28N6O4S. The zero-order chi connectivity index (χ0) is 28.2. The molecular weight excluding hydrogens is 528 g/mol. The Bertz CT molecular complexity index is 1690. The van der Waals surface area contributed by atoms with Gasteiger partial charge in [-0.1, -0.05) is 30.3 Å². The maximum atomic E-state index is 13.2. The highest BCUT2D eigenvalue weighted by molar-refractivity contribution is 7.17. The van der Waals surface area contributed by atoms with E-state index < -0.39 is 0 Å². The number of anilines is 2. The SMILES string of the molecule is Cc1ncc(-c2ccc(C(=O)Nc3nc4cc(NCC(=O)c5ccccc5)ccc4n3CCC(=O)N(C)C)s2)o1. The van der Waals surface area contributed by atoms with E-state index in [1.165, 1.54) is 16.2 Å². The number of ketones is 1. The smallest absolute Gasteiger partial charge is 0.268 e. The Labute approximate surface area is 234 Å². The van der Waals surface area contributed by atoms with Gasteiger partial charge >= 0.3 is 0 Å². The van der Waals surface area contributed by atoms with Crippen LogP contribution in [0.25, 0.3) is 21.7 Å². The lowest BCUT2D eigenvalue weighted by molar-refractivity contribution is -0.128. The van der Waals surface area contributed by atoms with Crippen LogP contribution >= 0.6 is 11.3 Å². The Kier molecular flexibility index (Phi) is 7.74. The molecule has 0 bridgehead atoms. The van der Waals surface area contributed by atoms with Gasteiger partial charge in [0.1, 0.15) is 0 Å². The van der Waals surface area contributed by atoms with Gasteiger partial charge in [0.2, 0.25) is 11.9 Å². The zero-order valence-corrected chi connectivity index (χ0v) is 23.1. The summed E-state index contributed by atoms with van der Waals surface area (Å²) in [5.41, 5.74) is 2.72. The van der Waals surface area contributed by atoms with E-state index >= 15 is 0 Å². The monoisotopic (exact) mass is 556 g/mol. The first-order valence-electron chi connectivity index (χ1n) is 12.6. The molecule has 2 amide bonds. The van der Waals surface area contributed by atoms with Gasteiger partial charge in [0.25, 0.3) is 5.91 Å². The summed E-state index contributed by atoms with van der Waals surface area (Å²) in [6.07, 6.45) is 1.87. The first-order chi connectivity index (χ1) is 19.3. The molecule has 3 aromatic heterocycles. The molecule has 3 heterocycles. The van der Waals surface area contributed by atoms with Crippen LogP contribution in [-0.2, 0) is 11.3 Å². The number of thiophene rings is 1. The first-order valence-corrected chi connectivity index (χ1v) is 13.5. The highest BCUT2D eigenvalue weighted by atomic mass is 32.1. The first kappa shape index (κ1) is 26.8. The molecule has 0 saturated heterocycles. The van der Waals surface area contributed by atoms with Crippen LogP contribution < -0.4 is 10.6 Å². The van der Waals surface area contributed by atoms with E-state index in [2.05, 4.69) is 20.6 Å². The number of rotatable bonds is 10. The third-order valence-corrected chi connectivity index (χ3v) is 7.36. The Morgan fingerprint density at radius 3 is 2.58 bits per heavy atom. The quantitative estimate of drug-likeness (QED) is 0.230. The van der Waals surface area contributed by atoms with Crippen molar-refractivity contribution >= 4 is 51.6 Å². The van der Waals surface area contributed by atoms with Crippen molar-refractivity contribution in [2.45, 2.75) is 19.9 Å². The summed E-state index contributed by atoms with van der Waals surface area (Å²) in [6.45, 7) is 2.22. The third-order valence-electron chi connectivity index (χ3n) is 6.26. The fourth-order valence-electron chi connectivity index (χ4n) is 4.13. The van der Waals surface area contributed by atoms with Crippen LogP contribution in [0.2, 0.25) is 0 Å². The largest absolute Gasteiger partial charge is 0.440 e. The Balaban J connectivity index is 1.38. The summed E-state index contributed by atoms with van der Waals surface area (Å²) in [5.74, 6) is 1.08. The number of nitrogens with zero attached hydrogens (tertiary/aromatic N) is 4. The molecule has 0 spiro atoms. The van der Waals surface area contributed by atoms with Crippen LogP contribution in [0.5, 0.6) is 0 Å². The average Bonchev–Trinajstić information content (AvgIpc) is 3.69. The van der Waals surface area contributed by atoms with Crippen LogP contribution in [0, 0.1) is 6.92 Å². The maximum absolute atomic E-state index is 13.2. The van der Waals surface area contributed by atoms with Crippen LogP contribution in [0.3, 0.4) is 0 Å². The topological polar surface area (TPSA) is 122 Å². The number of Topliss-reactive ketones (excluding diaryl/α,β-unsaturated/α-hetero) is 1. The number of fused-ring (bicyclic) bond motifs is 1. The molecule has 0 aliphatic heterocycles. The average molecular weight is 557 g/mol. The van der Waals surface area contributed by atoms with Crippen molar-refractivity contribution in [2.75, 3.05) is 31.3 Å². The van der Waals surface area contributed by atoms with Crippen molar-refractivity contribution in [1.29, 1.82) is 0 Å². The minimum atomic E-state index is -0.324. The van der Waals surface area contributed by atoms with Gasteiger partial charge in [-0.15, -0.1) is 11.3 Å². The summed E-state index contributed by atoms with van der Waals surface area (Å²) in [6, 6.07) is 18.2. The summed E-state index contributed by atoms with van der Waals surface area (Å²) >= 11 is 1.29. The van der Waals surface area contributed by atoms with Crippen LogP contribution in [0.15, 0.2) is 71.3 Å². The minimum absolute atomic E-state index is 0.0304. The van der Waals surface area contributed by atoms with Gasteiger partial charge < -0.3 is 19.2 Å². The number of oxazole rings is 1. The summed E-state index contributed by atoms with van der Waals surface area (Å²) in [5, 5.41) is 6.06. The molecule has 0 aliphatic rings. The van der Waals surface area contributed by atoms with Gasteiger partial charge in [0, 0.05) is 45.2 Å². The summed E-state index contributed by atoms with van der Waals surface area (Å²) in [7, 11) is 3.41. The Morgan fingerprint density at radius 1 is 1.05 bits per heavy atom. The van der Waals surface area contributed by atoms with Gasteiger partial charge in [0.05, 0.1) is 33.5 Å². The highest BCUT2D eigenvalue weighted by Gasteiger charge is 2.19. The third kappa shape index (κ3) is 5.94. The van der Waals surface area contributed by atoms with Gasteiger partial charge in [-0.2, -0.15) is 0 Å². The minimum Gasteiger partial charge on any atom is -0.440 e. The number of carbonyl (C=O) groups is 3. The van der Waals surface area contributed by atoms with Crippen LogP contribution in [0.1, 0.15) is 32.3 Å². The van der Waals surface area contributed by atoms with E-state index in [4.69, 9.17) is 4.42 Å². The number of aromatic nitrogens is 3. The number of imidazole rings is 1. The van der Waals surface area contributed by atoms with Crippen LogP contribution in [-0.4, -0.2) is 57.7 Å². The summed E-state index contributed by atoms with van der Waals surface area (Å²) < 4.78 is 7.39. The van der Waals surface area contributed by atoms with Crippen LogP contribution in [0.4, 0.5) is 11.6 Å². The molecule has 0 aliphatic carbocycles. The van der Waals surface area contributed by atoms with E-state index in [-0.39, 0.29) is 30.6 Å². The molecule has 0 atom stereocenters. The Hall–Kier alpha value is -4.77. The fourth-order valence-corrected chi connectivity index (χ4v) is 4.98. The molecule has 0 radical (unpaired) electrons. The molecule has 40 heavy (non-hydrogen) atoms. The molecule has 0 saturated carbocycles. The molecule has 204 valence electrons. The lowest BCUT2D eigenvalue weighted by Crippen LogP contribution is -2.23. The van der Waals surface area contributed by atoms with E-state index in [0.717, 1.165) is 10.4 Å². The number of carbonyl (C=O) groups excluding carboxylic acids is 3. The molecule has 0 unspecified atom stereocenters. The van der Waals surface area contributed by atoms with E-state index in [0.29, 0.717) is 45.8 Å². The molecule has 5 aromatic rings. The molecule has 10 nitrogen and oxygen atoms in total. The maximum Gasteiger partial charge on any atom is 0.268 e. The second-order valence-corrected chi connectivity index (χ2v) is 10.4. The number of hydrogen-bond acceptors (Lipinski definition) is 8. The van der Waals surface area contributed by atoms with Gasteiger partial charge in [-0.25, -0.2) is 9.97 Å². The number of aryl methyl sites for hydroxylation is 2. The fraction of sp³-hybridized carbons (Fsp3) is 0.207. The lowest BCUT2D eigenvalue weighted by atomic mass is 10.1.